The Hall–Kier alpha value is -2.67. The van der Waals surface area contributed by atoms with Crippen molar-refractivity contribution in [2.75, 3.05) is 17.1 Å². The number of aryl methyl sites for hydroxylation is 2. The Labute approximate surface area is 161 Å². The second-order valence-electron chi connectivity index (χ2n) is 6.57. The highest BCUT2D eigenvalue weighted by Crippen LogP contribution is 2.21. The molecule has 0 aliphatic heterocycles. The van der Waals surface area contributed by atoms with E-state index in [0.717, 1.165) is 27.3 Å². The number of sulfonamides is 1. The average Bonchev–Trinajstić information content (AvgIpc) is 2.59. The average molecular weight is 388 g/mol. The highest BCUT2D eigenvalue weighted by atomic mass is 32.2. The largest absolute Gasteiger partial charge is 0.271 e. The molecule has 2 rings (SSSR count). The molecule has 0 bridgehead atoms. The standard InChI is InChI=1S/C20H25N3O3S/c1-14-10-11-18(17(4)16(14)3)12-21-22-20(24)13-23(27(5,25)26)19-9-7-6-8-15(19)2/h6-12H,13H2,1-5H3,(H,22,24)/b21-12-. The summed E-state index contributed by atoms with van der Waals surface area (Å²) in [6, 6.07) is 10.9. The Bertz CT molecular complexity index is 982. The number of nitrogens with zero attached hydrogens (tertiary/aromatic N) is 2. The summed E-state index contributed by atoms with van der Waals surface area (Å²) in [4.78, 5) is 12.2. The molecule has 1 N–H and O–H groups in total. The van der Waals surface area contributed by atoms with Gasteiger partial charge in [0, 0.05) is 0 Å². The van der Waals surface area contributed by atoms with Gasteiger partial charge in [-0.25, -0.2) is 13.8 Å². The van der Waals surface area contributed by atoms with Crippen molar-refractivity contribution in [1.29, 1.82) is 0 Å². The zero-order valence-corrected chi connectivity index (χ0v) is 17.1. The SMILES string of the molecule is Cc1ccccc1N(CC(=O)N/N=C\c1ccc(C)c(C)c1C)S(C)(=O)=O. The number of amides is 1. The van der Waals surface area contributed by atoms with Crippen molar-refractivity contribution in [3.63, 3.8) is 0 Å². The van der Waals surface area contributed by atoms with Gasteiger partial charge < -0.3 is 0 Å². The summed E-state index contributed by atoms with van der Waals surface area (Å²) in [7, 11) is -3.61. The highest BCUT2D eigenvalue weighted by Gasteiger charge is 2.21. The third-order valence-corrected chi connectivity index (χ3v) is 5.69. The first-order valence-electron chi connectivity index (χ1n) is 8.53. The van der Waals surface area contributed by atoms with E-state index in [2.05, 4.69) is 10.5 Å². The molecule has 144 valence electrons. The molecule has 0 spiro atoms. The molecule has 0 radical (unpaired) electrons. The molecule has 0 saturated heterocycles. The fourth-order valence-corrected chi connectivity index (χ4v) is 3.59. The van der Waals surface area contributed by atoms with Crippen LogP contribution in [0.5, 0.6) is 0 Å². The van der Waals surface area contributed by atoms with Crippen molar-refractivity contribution in [1.82, 2.24) is 5.43 Å². The zero-order valence-electron chi connectivity index (χ0n) is 16.3. The first kappa shape index (κ1) is 20.6. The van der Waals surface area contributed by atoms with Gasteiger partial charge in [-0.2, -0.15) is 5.10 Å². The van der Waals surface area contributed by atoms with Crippen LogP contribution < -0.4 is 9.73 Å². The fraction of sp³-hybridized carbons (Fsp3) is 0.300. The maximum absolute atomic E-state index is 12.2. The Kier molecular flexibility index (Phi) is 6.38. The van der Waals surface area contributed by atoms with E-state index in [0.29, 0.717) is 5.69 Å². The first-order chi connectivity index (χ1) is 12.6. The second kappa shape index (κ2) is 8.35. The molecule has 0 heterocycles. The maximum atomic E-state index is 12.2. The van der Waals surface area contributed by atoms with Gasteiger partial charge in [0.25, 0.3) is 5.91 Å². The van der Waals surface area contributed by atoms with Gasteiger partial charge in [-0.15, -0.1) is 0 Å². The Morgan fingerprint density at radius 3 is 2.33 bits per heavy atom. The predicted octanol–water partition coefficient (Wildman–Crippen LogP) is 2.84. The Morgan fingerprint density at radius 2 is 1.70 bits per heavy atom. The molecule has 0 fully saturated rings. The molecule has 0 aromatic heterocycles. The number of rotatable bonds is 6. The molecule has 27 heavy (non-hydrogen) atoms. The maximum Gasteiger partial charge on any atom is 0.260 e. The van der Waals surface area contributed by atoms with Crippen molar-refractivity contribution >= 4 is 27.8 Å². The molecule has 0 aliphatic rings. The Morgan fingerprint density at radius 1 is 1.04 bits per heavy atom. The van der Waals surface area contributed by atoms with Crippen LogP contribution in [0.4, 0.5) is 5.69 Å². The molecule has 2 aromatic carbocycles. The molecular weight excluding hydrogens is 362 g/mol. The molecule has 7 heteroatoms. The molecule has 6 nitrogen and oxygen atoms in total. The van der Waals surface area contributed by atoms with Crippen LogP contribution in [0.2, 0.25) is 0 Å². The predicted molar refractivity (Wildman–Crippen MR) is 110 cm³/mol. The lowest BCUT2D eigenvalue weighted by Gasteiger charge is -2.23. The summed E-state index contributed by atoms with van der Waals surface area (Å²) in [6.07, 6.45) is 2.65. The molecule has 0 aliphatic carbocycles. The van der Waals surface area contributed by atoms with Gasteiger partial charge in [0.15, 0.2) is 0 Å². The number of carbonyl (C=O) groups is 1. The third-order valence-electron chi connectivity index (χ3n) is 4.56. The number of nitrogens with one attached hydrogen (secondary N) is 1. The summed E-state index contributed by atoms with van der Waals surface area (Å²) in [5.74, 6) is -0.513. The highest BCUT2D eigenvalue weighted by molar-refractivity contribution is 7.92. The van der Waals surface area contributed by atoms with E-state index in [1.165, 1.54) is 11.1 Å². The number of benzene rings is 2. The molecule has 0 atom stereocenters. The van der Waals surface area contributed by atoms with Crippen LogP contribution in [0.15, 0.2) is 41.5 Å². The van der Waals surface area contributed by atoms with Crippen LogP contribution in [0, 0.1) is 27.7 Å². The van der Waals surface area contributed by atoms with E-state index in [4.69, 9.17) is 0 Å². The van der Waals surface area contributed by atoms with Gasteiger partial charge in [-0.3, -0.25) is 9.10 Å². The summed E-state index contributed by atoms with van der Waals surface area (Å²) < 4.78 is 25.4. The van der Waals surface area contributed by atoms with Gasteiger partial charge in [-0.05, 0) is 61.6 Å². The van der Waals surface area contributed by atoms with E-state index < -0.39 is 15.9 Å². The van der Waals surface area contributed by atoms with Crippen LogP contribution in [0.3, 0.4) is 0 Å². The van der Waals surface area contributed by atoms with Crippen LogP contribution in [0.1, 0.15) is 27.8 Å². The topological polar surface area (TPSA) is 78.8 Å². The second-order valence-corrected chi connectivity index (χ2v) is 8.48. The van der Waals surface area contributed by atoms with Crippen LogP contribution >= 0.6 is 0 Å². The van der Waals surface area contributed by atoms with Crippen LogP contribution in [-0.2, 0) is 14.8 Å². The molecular formula is C20H25N3O3S. The first-order valence-corrected chi connectivity index (χ1v) is 10.4. The number of para-hydroxylation sites is 1. The van der Waals surface area contributed by atoms with Crippen molar-refractivity contribution < 1.29 is 13.2 Å². The normalized spacial score (nSPS) is 11.6. The lowest BCUT2D eigenvalue weighted by Crippen LogP contribution is -2.39. The number of hydrogen-bond acceptors (Lipinski definition) is 4. The summed E-state index contributed by atoms with van der Waals surface area (Å²) in [6.45, 7) is 7.53. The monoisotopic (exact) mass is 387 g/mol. The van der Waals surface area contributed by atoms with E-state index in [1.54, 1.807) is 31.3 Å². The van der Waals surface area contributed by atoms with Crippen molar-refractivity contribution in [3.05, 3.63) is 64.2 Å². The minimum absolute atomic E-state index is 0.340. The fourth-order valence-electron chi connectivity index (χ4n) is 2.68. The van der Waals surface area contributed by atoms with E-state index in [-0.39, 0.29) is 6.54 Å². The molecule has 0 unspecified atom stereocenters. The van der Waals surface area contributed by atoms with E-state index in [1.807, 2.05) is 39.0 Å². The number of anilines is 1. The number of hydrogen-bond donors (Lipinski definition) is 1. The smallest absolute Gasteiger partial charge is 0.260 e. The summed E-state index contributed by atoms with van der Waals surface area (Å²) in [5, 5.41) is 3.98. The lowest BCUT2D eigenvalue weighted by atomic mass is 10.00. The van der Waals surface area contributed by atoms with Gasteiger partial charge in [-0.1, -0.05) is 30.3 Å². The van der Waals surface area contributed by atoms with E-state index >= 15 is 0 Å². The molecule has 2 aromatic rings. The van der Waals surface area contributed by atoms with Crippen molar-refractivity contribution in [2.24, 2.45) is 5.10 Å². The van der Waals surface area contributed by atoms with Crippen LogP contribution in [0.25, 0.3) is 0 Å². The number of hydrazone groups is 1. The quantitative estimate of drug-likeness (QED) is 0.611. The van der Waals surface area contributed by atoms with Gasteiger partial charge >= 0.3 is 0 Å². The van der Waals surface area contributed by atoms with Gasteiger partial charge in [0.2, 0.25) is 10.0 Å². The van der Waals surface area contributed by atoms with Crippen molar-refractivity contribution in [2.45, 2.75) is 27.7 Å². The lowest BCUT2D eigenvalue weighted by molar-refractivity contribution is -0.119. The summed E-state index contributed by atoms with van der Waals surface area (Å²) >= 11 is 0. The third kappa shape index (κ3) is 5.17. The van der Waals surface area contributed by atoms with E-state index in [9.17, 15) is 13.2 Å². The zero-order chi connectivity index (χ0) is 20.2. The Balaban J connectivity index is 2.13. The van der Waals surface area contributed by atoms with Gasteiger partial charge in [0.1, 0.15) is 6.54 Å². The minimum Gasteiger partial charge on any atom is -0.271 e. The van der Waals surface area contributed by atoms with Crippen molar-refractivity contribution in [3.8, 4) is 0 Å². The molecule has 0 saturated carbocycles. The van der Waals surface area contributed by atoms with Gasteiger partial charge in [0.05, 0.1) is 18.2 Å². The van der Waals surface area contributed by atoms with Crippen LogP contribution in [-0.4, -0.2) is 33.3 Å². The minimum atomic E-state index is -3.61. The number of carbonyl (C=O) groups excluding carboxylic acids is 1. The summed E-state index contributed by atoms with van der Waals surface area (Å²) in [5.41, 5.74) is 8.01. The molecule has 1 amide bonds.